The van der Waals surface area contributed by atoms with Crippen LogP contribution in [0.5, 0.6) is 5.88 Å². The maximum Gasteiger partial charge on any atom is 0.222 e. The van der Waals surface area contributed by atoms with Crippen molar-refractivity contribution in [3.05, 3.63) is 41.9 Å². The first kappa shape index (κ1) is 12.0. The number of carbonyl (C=O) groups excluding carboxylic acids is 1. The molecule has 18 heavy (non-hydrogen) atoms. The van der Waals surface area contributed by atoms with Gasteiger partial charge in [0.1, 0.15) is 0 Å². The molecule has 0 unspecified atom stereocenters. The van der Waals surface area contributed by atoms with E-state index in [0.717, 1.165) is 5.56 Å². The van der Waals surface area contributed by atoms with E-state index in [2.05, 4.69) is 20.3 Å². The zero-order valence-corrected chi connectivity index (χ0v) is 9.83. The van der Waals surface area contributed by atoms with Gasteiger partial charge >= 0.3 is 0 Å². The Labute approximate surface area is 104 Å². The fourth-order valence-corrected chi connectivity index (χ4v) is 1.41. The van der Waals surface area contributed by atoms with Crippen molar-refractivity contribution in [2.24, 2.45) is 0 Å². The minimum absolute atomic E-state index is 0.444. The van der Waals surface area contributed by atoms with Crippen LogP contribution in [0.1, 0.15) is 15.9 Å². The minimum Gasteiger partial charge on any atom is -0.481 e. The number of nitrogens with zero attached hydrogens (tertiary/aromatic N) is 3. The number of rotatable bonds is 5. The van der Waals surface area contributed by atoms with E-state index < -0.39 is 0 Å². The van der Waals surface area contributed by atoms with E-state index in [4.69, 9.17) is 4.74 Å². The number of aldehydes is 1. The predicted octanol–water partition coefficient (Wildman–Crippen LogP) is 1.30. The van der Waals surface area contributed by atoms with Crippen molar-refractivity contribution in [1.82, 2.24) is 15.0 Å². The Hall–Kier alpha value is -2.50. The molecule has 0 aliphatic rings. The molecule has 0 aromatic carbocycles. The summed E-state index contributed by atoms with van der Waals surface area (Å²) >= 11 is 0. The lowest BCUT2D eigenvalue weighted by Gasteiger charge is -2.07. The summed E-state index contributed by atoms with van der Waals surface area (Å²) in [6.07, 6.45) is 5.29. The van der Waals surface area contributed by atoms with Gasteiger partial charge in [-0.15, -0.1) is 0 Å². The van der Waals surface area contributed by atoms with Gasteiger partial charge in [-0.3, -0.25) is 4.79 Å². The maximum absolute atomic E-state index is 10.5. The van der Waals surface area contributed by atoms with Crippen molar-refractivity contribution in [3.8, 4) is 5.88 Å². The van der Waals surface area contributed by atoms with E-state index in [1.54, 1.807) is 13.3 Å². The van der Waals surface area contributed by atoms with Crippen molar-refractivity contribution in [2.75, 3.05) is 12.4 Å². The number of hydrogen-bond donors (Lipinski definition) is 1. The van der Waals surface area contributed by atoms with Gasteiger partial charge in [-0.1, -0.05) is 6.07 Å². The highest BCUT2D eigenvalue weighted by Crippen LogP contribution is 2.14. The van der Waals surface area contributed by atoms with Crippen molar-refractivity contribution >= 4 is 12.2 Å². The molecule has 0 saturated heterocycles. The SMILES string of the molecule is COc1ncccc1CNc1ncc(C=O)cn1. The summed E-state index contributed by atoms with van der Waals surface area (Å²) < 4.78 is 5.13. The number of methoxy groups -OCH3 is 1. The highest BCUT2D eigenvalue weighted by atomic mass is 16.5. The maximum atomic E-state index is 10.5. The Morgan fingerprint density at radius 2 is 2.11 bits per heavy atom. The summed E-state index contributed by atoms with van der Waals surface area (Å²) in [5.41, 5.74) is 1.35. The largest absolute Gasteiger partial charge is 0.481 e. The molecule has 0 bridgehead atoms. The monoisotopic (exact) mass is 244 g/mol. The van der Waals surface area contributed by atoms with Gasteiger partial charge in [0.2, 0.25) is 11.8 Å². The molecule has 0 aliphatic carbocycles. The molecule has 1 N–H and O–H groups in total. The molecule has 6 nitrogen and oxygen atoms in total. The number of hydrogen-bond acceptors (Lipinski definition) is 6. The quantitative estimate of drug-likeness (QED) is 0.799. The molecule has 2 aromatic rings. The van der Waals surface area contributed by atoms with Crippen LogP contribution in [0.3, 0.4) is 0 Å². The van der Waals surface area contributed by atoms with Crippen LogP contribution in [0.4, 0.5) is 5.95 Å². The van der Waals surface area contributed by atoms with Crippen LogP contribution < -0.4 is 10.1 Å². The zero-order chi connectivity index (χ0) is 12.8. The average molecular weight is 244 g/mol. The molecule has 0 saturated carbocycles. The van der Waals surface area contributed by atoms with Crippen LogP contribution in [0.15, 0.2) is 30.7 Å². The topological polar surface area (TPSA) is 77.0 Å². The summed E-state index contributed by atoms with van der Waals surface area (Å²) in [6.45, 7) is 0.497. The molecule has 6 heteroatoms. The Bertz CT molecular complexity index is 528. The summed E-state index contributed by atoms with van der Waals surface area (Å²) in [7, 11) is 1.57. The fourth-order valence-electron chi connectivity index (χ4n) is 1.41. The number of pyridine rings is 1. The number of ether oxygens (including phenoxy) is 1. The van der Waals surface area contributed by atoms with E-state index in [-0.39, 0.29) is 0 Å². The van der Waals surface area contributed by atoms with Crippen molar-refractivity contribution in [2.45, 2.75) is 6.54 Å². The first-order valence-electron chi connectivity index (χ1n) is 5.32. The number of anilines is 1. The average Bonchev–Trinajstić information content (AvgIpc) is 2.46. The second-order valence-corrected chi connectivity index (χ2v) is 3.48. The lowest BCUT2D eigenvalue weighted by Crippen LogP contribution is -2.05. The van der Waals surface area contributed by atoms with Gasteiger partial charge < -0.3 is 10.1 Å². The third kappa shape index (κ3) is 2.79. The predicted molar refractivity (Wildman–Crippen MR) is 65.5 cm³/mol. The van der Waals surface area contributed by atoms with E-state index in [0.29, 0.717) is 30.2 Å². The number of nitrogens with one attached hydrogen (secondary N) is 1. The molecule has 0 amide bonds. The molecule has 92 valence electrons. The summed E-state index contributed by atoms with van der Waals surface area (Å²) in [5, 5.41) is 3.03. The summed E-state index contributed by atoms with van der Waals surface area (Å²) in [5.74, 6) is 1.01. The highest BCUT2D eigenvalue weighted by Gasteiger charge is 2.03. The molecule has 2 heterocycles. The third-order valence-corrected chi connectivity index (χ3v) is 2.29. The fraction of sp³-hybridized carbons (Fsp3) is 0.167. The standard InChI is InChI=1S/C12H12N4O2/c1-18-11-10(3-2-4-13-11)7-16-12-14-5-9(8-17)6-15-12/h2-6,8H,7H2,1H3,(H,14,15,16). The zero-order valence-electron chi connectivity index (χ0n) is 9.83. The smallest absolute Gasteiger partial charge is 0.222 e. The molecular formula is C12H12N4O2. The molecule has 0 atom stereocenters. The van der Waals surface area contributed by atoms with Gasteiger partial charge in [-0.2, -0.15) is 0 Å². The van der Waals surface area contributed by atoms with Gasteiger partial charge in [0.25, 0.3) is 0 Å². The van der Waals surface area contributed by atoms with E-state index in [9.17, 15) is 4.79 Å². The lowest BCUT2D eigenvalue weighted by molar-refractivity contribution is 0.112. The van der Waals surface area contributed by atoms with Gasteiger partial charge in [0, 0.05) is 30.7 Å². The first-order chi connectivity index (χ1) is 8.83. The highest BCUT2D eigenvalue weighted by molar-refractivity contribution is 5.73. The van der Waals surface area contributed by atoms with Crippen LogP contribution in [-0.4, -0.2) is 28.3 Å². The summed E-state index contributed by atoms with van der Waals surface area (Å²) in [4.78, 5) is 22.6. The second kappa shape index (κ2) is 5.72. The van der Waals surface area contributed by atoms with Crippen LogP contribution >= 0.6 is 0 Å². The van der Waals surface area contributed by atoms with E-state index in [1.807, 2.05) is 12.1 Å². The van der Waals surface area contributed by atoms with Crippen LogP contribution in [0.25, 0.3) is 0 Å². The first-order valence-corrected chi connectivity index (χ1v) is 5.32. The lowest BCUT2D eigenvalue weighted by atomic mass is 10.3. The van der Waals surface area contributed by atoms with Gasteiger partial charge in [0.15, 0.2) is 6.29 Å². The number of carbonyl (C=O) groups is 1. The van der Waals surface area contributed by atoms with Crippen molar-refractivity contribution < 1.29 is 9.53 Å². The van der Waals surface area contributed by atoms with E-state index in [1.165, 1.54) is 12.4 Å². The Kier molecular flexibility index (Phi) is 3.80. The molecule has 0 radical (unpaired) electrons. The Morgan fingerprint density at radius 3 is 2.78 bits per heavy atom. The van der Waals surface area contributed by atoms with Crippen LogP contribution in [-0.2, 0) is 6.54 Å². The molecule has 2 rings (SSSR count). The van der Waals surface area contributed by atoms with Crippen LogP contribution in [0.2, 0.25) is 0 Å². The normalized spacial score (nSPS) is 9.83. The van der Waals surface area contributed by atoms with Gasteiger partial charge in [0.05, 0.1) is 12.7 Å². The molecule has 2 aromatic heterocycles. The molecule has 0 fully saturated rings. The van der Waals surface area contributed by atoms with Crippen molar-refractivity contribution in [1.29, 1.82) is 0 Å². The second-order valence-electron chi connectivity index (χ2n) is 3.48. The molecule has 0 aliphatic heterocycles. The summed E-state index contributed by atoms with van der Waals surface area (Å²) in [6, 6.07) is 3.73. The van der Waals surface area contributed by atoms with Crippen molar-refractivity contribution in [3.63, 3.8) is 0 Å². The Morgan fingerprint density at radius 1 is 1.33 bits per heavy atom. The van der Waals surface area contributed by atoms with E-state index >= 15 is 0 Å². The van der Waals surface area contributed by atoms with Gasteiger partial charge in [-0.25, -0.2) is 15.0 Å². The molecular weight excluding hydrogens is 232 g/mol. The van der Waals surface area contributed by atoms with Gasteiger partial charge in [-0.05, 0) is 6.07 Å². The Balaban J connectivity index is 2.04. The number of aromatic nitrogens is 3. The minimum atomic E-state index is 0.444. The molecule has 0 spiro atoms. The third-order valence-electron chi connectivity index (χ3n) is 2.29. The van der Waals surface area contributed by atoms with Crippen LogP contribution in [0, 0.1) is 0 Å².